The minimum Gasteiger partial charge on any atom is -0.467 e. The van der Waals surface area contributed by atoms with E-state index in [2.05, 4.69) is 15.0 Å². The molecule has 1 rings (SSSR count). The Balaban J connectivity index is 2.90. The minimum absolute atomic E-state index is 0.165. The molecule has 0 aliphatic heterocycles. The van der Waals surface area contributed by atoms with Gasteiger partial charge in [0.15, 0.2) is 5.16 Å². The third-order valence-corrected chi connectivity index (χ3v) is 1.92. The second-order valence-corrected chi connectivity index (χ2v) is 3.38. The Morgan fingerprint density at radius 2 is 2.17 bits per heavy atom. The summed E-state index contributed by atoms with van der Waals surface area (Å²) in [5, 5.41) is 0.757. The Hall–Kier alpha value is -0.550. The first-order valence-electron chi connectivity index (χ1n) is 3.34. The average molecular weight is 206 g/mol. The van der Waals surface area contributed by atoms with Crippen molar-refractivity contribution in [1.82, 2.24) is 15.0 Å². The maximum atomic E-state index is 5.61. The molecule has 0 aliphatic carbocycles. The topological polar surface area (TPSA) is 47.9 Å². The molecule has 0 bridgehead atoms. The number of hydrogen-bond acceptors (Lipinski definition) is 5. The minimum atomic E-state index is 0.165. The van der Waals surface area contributed by atoms with Crippen LogP contribution in [-0.4, -0.2) is 27.8 Å². The molecule has 0 saturated carbocycles. The van der Waals surface area contributed by atoms with Gasteiger partial charge >= 0.3 is 6.01 Å². The number of hydrogen-bond donors (Lipinski definition) is 0. The third-order valence-electron chi connectivity index (χ3n) is 1.02. The number of rotatable bonds is 3. The largest absolute Gasteiger partial charge is 0.467 e. The molecule has 0 radical (unpaired) electrons. The van der Waals surface area contributed by atoms with E-state index < -0.39 is 0 Å². The third kappa shape index (κ3) is 2.49. The van der Waals surface area contributed by atoms with Crippen LogP contribution in [0.2, 0.25) is 5.28 Å². The maximum absolute atomic E-state index is 5.61. The van der Waals surface area contributed by atoms with E-state index in [4.69, 9.17) is 16.3 Å². The van der Waals surface area contributed by atoms with Gasteiger partial charge in [0.05, 0.1) is 7.11 Å². The fraction of sp³-hybridized carbons (Fsp3) is 0.500. The highest BCUT2D eigenvalue weighted by Crippen LogP contribution is 2.16. The molecule has 1 aromatic heterocycles. The summed E-state index contributed by atoms with van der Waals surface area (Å²) in [5.74, 6) is 0.892. The van der Waals surface area contributed by atoms with Crippen LogP contribution < -0.4 is 4.74 Å². The number of nitrogens with zero attached hydrogens (tertiary/aromatic N) is 3. The molecule has 0 aliphatic rings. The van der Waals surface area contributed by atoms with Crippen LogP contribution in [0.15, 0.2) is 5.16 Å². The molecule has 0 fully saturated rings. The molecule has 0 spiro atoms. The molecule has 66 valence electrons. The number of thioether (sulfide) groups is 1. The molecule has 4 nitrogen and oxygen atoms in total. The summed E-state index contributed by atoms with van der Waals surface area (Å²) >= 11 is 7.10. The lowest BCUT2D eigenvalue weighted by atomic mass is 11.0. The summed E-state index contributed by atoms with van der Waals surface area (Å²) in [7, 11) is 1.49. The van der Waals surface area contributed by atoms with Gasteiger partial charge in [0.1, 0.15) is 0 Å². The molecule has 6 heteroatoms. The van der Waals surface area contributed by atoms with Crippen LogP contribution in [-0.2, 0) is 0 Å². The first-order chi connectivity index (χ1) is 5.76. The quantitative estimate of drug-likeness (QED) is 0.703. The van der Waals surface area contributed by atoms with E-state index in [0.717, 1.165) is 5.75 Å². The van der Waals surface area contributed by atoms with E-state index in [0.29, 0.717) is 5.16 Å². The average Bonchev–Trinajstić information content (AvgIpc) is 2.04. The summed E-state index contributed by atoms with van der Waals surface area (Å²) in [6, 6.07) is 0.256. The van der Waals surface area contributed by atoms with Gasteiger partial charge in [0, 0.05) is 0 Å². The van der Waals surface area contributed by atoms with Crippen LogP contribution in [0.1, 0.15) is 6.92 Å². The SMILES string of the molecule is CCSc1nc(Cl)nc(OC)n1. The van der Waals surface area contributed by atoms with E-state index in [-0.39, 0.29) is 11.3 Å². The summed E-state index contributed by atoms with van der Waals surface area (Å²) in [5.41, 5.74) is 0. The Labute approximate surface area is 79.7 Å². The van der Waals surface area contributed by atoms with Crippen molar-refractivity contribution in [2.24, 2.45) is 0 Å². The van der Waals surface area contributed by atoms with Crippen molar-refractivity contribution in [3.05, 3.63) is 5.28 Å². The van der Waals surface area contributed by atoms with Crippen LogP contribution in [0, 0.1) is 0 Å². The first kappa shape index (κ1) is 9.54. The number of aromatic nitrogens is 3. The maximum Gasteiger partial charge on any atom is 0.321 e. The first-order valence-corrected chi connectivity index (χ1v) is 4.71. The molecule has 1 aromatic rings. The Morgan fingerprint density at radius 1 is 1.42 bits per heavy atom. The van der Waals surface area contributed by atoms with Crippen molar-refractivity contribution in [3.63, 3.8) is 0 Å². The van der Waals surface area contributed by atoms with Crippen molar-refractivity contribution < 1.29 is 4.74 Å². The van der Waals surface area contributed by atoms with Gasteiger partial charge in [-0.25, -0.2) is 0 Å². The molecule has 0 N–H and O–H groups in total. The van der Waals surface area contributed by atoms with Crippen LogP contribution in [0.5, 0.6) is 6.01 Å². The van der Waals surface area contributed by atoms with Crippen LogP contribution in [0.3, 0.4) is 0 Å². The monoisotopic (exact) mass is 205 g/mol. The summed E-state index contributed by atoms with van der Waals surface area (Å²) < 4.78 is 4.82. The van der Waals surface area contributed by atoms with Crippen molar-refractivity contribution in [2.75, 3.05) is 12.9 Å². The summed E-state index contributed by atoms with van der Waals surface area (Å²) in [4.78, 5) is 11.6. The van der Waals surface area contributed by atoms with Crippen molar-refractivity contribution in [2.45, 2.75) is 12.1 Å². The number of ether oxygens (including phenoxy) is 1. The normalized spacial score (nSPS) is 9.92. The molecule has 0 aromatic carbocycles. The number of methoxy groups -OCH3 is 1. The van der Waals surface area contributed by atoms with Crippen LogP contribution >= 0.6 is 23.4 Å². The zero-order valence-electron chi connectivity index (χ0n) is 6.74. The van der Waals surface area contributed by atoms with Gasteiger partial charge in [0.2, 0.25) is 5.28 Å². The number of halogens is 1. The predicted molar refractivity (Wildman–Crippen MR) is 47.8 cm³/mol. The highest BCUT2D eigenvalue weighted by molar-refractivity contribution is 7.99. The lowest BCUT2D eigenvalue weighted by Crippen LogP contribution is -1.96. The van der Waals surface area contributed by atoms with Crippen molar-refractivity contribution in [3.8, 4) is 6.01 Å². The molecule has 0 unspecified atom stereocenters. The van der Waals surface area contributed by atoms with E-state index in [9.17, 15) is 0 Å². The highest BCUT2D eigenvalue weighted by atomic mass is 35.5. The second kappa shape index (κ2) is 4.47. The van der Waals surface area contributed by atoms with E-state index >= 15 is 0 Å². The van der Waals surface area contributed by atoms with Gasteiger partial charge in [-0.3, -0.25) is 0 Å². The Morgan fingerprint density at radius 3 is 2.75 bits per heavy atom. The van der Waals surface area contributed by atoms with E-state index in [1.165, 1.54) is 18.9 Å². The summed E-state index contributed by atoms with van der Waals surface area (Å²) in [6.45, 7) is 2.01. The van der Waals surface area contributed by atoms with Gasteiger partial charge < -0.3 is 4.74 Å². The van der Waals surface area contributed by atoms with Gasteiger partial charge in [-0.05, 0) is 17.4 Å². The Kier molecular flexibility index (Phi) is 3.55. The fourth-order valence-electron chi connectivity index (χ4n) is 0.600. The molecular formula is C6H8ClN3OS. The van der Waals surface area contributed by atoms with E-state index in [1.807, 2.05) is 6.92 Å². The zero-order chi connectivity index (χ0) is 8.97. The predicted octanol–water partition coefficient (Wildman–Crippen LogP) is 1.65. The highest BCUT2D eigenvalue weighted by Gasteiger charge is 2.03. The van der Waals surface area contributed by atoms with Gasteiger partial charge in [0.25, 0.3) is 0 Å². The van der Waals surface area contributed by atoms with Gasteiger partial charge in [-0.1, -0.05) is 18.7 Å². The lowest BCUT2D eigenvalue weighted by molar-refractivity contribution is 0.373. The standard InChI is InChI=1S/C6H8ClN3OS/c1-3-12-6-9-4(7)8-5(10-6)11-2/h3H2,1-2H3. The second-order valence-electron chi connectivity index (χ2n) is 1.81. The summed E-state index contributed by atoms with van der Waals surface area (Å²) in [6.07, 6.45) is 0. The van der Waals surface area contributed by atoms with Crippen molar-refractivity contribution in [1.29, 1.82) is 0 Å². The molecule has 1 heterocycles. The lowest BCUT2D eigenvalue weighted by Gasteiger charge is -1.99. The van der Waals surface area contributed by atoms with Crippen molar-refractivity contribution >= 4 is 23.4 Å². The molecule has 12 heavy (non-hydrogen) atoms. The molecule has 0 amide bonds. The van der Waals surface area contributed by atoms with Crippen LogP contribution in [0.25, 0.3) is 0 Å². The Bertz CT molecular complexity index is 271. The zero-order valence-corrected chi connectivity index (χ0v) is 8.32. The molecule has 0 saturated heterocycles. The smallest absolute Gasteiger partial charge is 0.321 e. The van der Waals surface area contributed by atoms with Crippen LogP contribution in [0.4, 0.5) is 0 Å². The fourth-order valence-corrected chi connectivity index (χ4v) is 1.35. The van der Waals surface area contributed by atoms with Gasteiger partial charge in [-0.15, -0.1) is 0 Å². The molecule has 0 atom stereocenters. The van der Waals surface area contributed by atoms with Gasteiger partial charge in [-0.2, -0.15) is 15.0 Å². The van der Waals surface area contributed by atoms with E-state index in [1.54, 1.807) is 0 Å². The molecular weight excluding hydrogens is 198 g/mol.